The van der Waals surface area contributed by atoms with Gasteiger partial charge in [0, 0.05) is 6.54 Å². The maximum Gasteiger partial charge on any atom is 0.264 e. The second-order valence-corrected chi connectivity index (χ2v) is 6.64. The predicted octanol–water partition coefficient (Wildman–Crippen LogP) is 3.52. The average Bonchev–Trinajstić information content (AvgIpc) is 2.43. The van der Waals surface area contributed by atoms with Gasteiger partial charge in [0.05, 0.1) is 10.6 Å². The molecular formula is C16H19NO2S. The van der Waals surface area contributed by atoms with E-state index >= 15 is 0 Å². The highest BCUT2D eigenvalue weighted by molar-refractivity contribution is 7.92. The van der Waals surface area contributed by atoms with E-state index in [9.17, 15) is 8.42 Å². The van der Waals surface area contributed by atoms with Crippen molar-refractivity contribution >= 4 is 15.7 Å². The summed E-state index contributed by atoms with van der Waals surface area (Å²) in [5.41, 5.74) is 2.83. The molecule has 0 saturated heterocycles. The lowest BCUT2D eigenvalue weighted by molar-refractivity contribution is 0.591. The van der Waals surface area contributed by atoms with E-state index in [1.165, 1.54) is 4.31 Å². The fraction of sp³-hybridized carbons (Fsp3) is 0.250. The number of aryl methyl sites for hydroxylation is 2. The Balaban J connectivity index is 2.52. The van der Waals surface area contributed by atoms with E-state index in [2.05, 4.69) is 0 Å². The summed E-state index contributed by atoms with van der Waals surface area (Å²) in [6.45, 7) is 6.19. The van der Waals surface area contributed by atoms with Crippen molar-refractivity contribution in [2.24, 2.45) is 0 Å². The van der Waals surface area contributed by atoms with Crippen molar-refractivity contribution in [2.75, 3.05) is 10.8 Å². The molecule has 0 heterocycles. The molecule has 0 bridgehead atoms. The third kappa shape index (κ3) is 2.70. The second-order valence-electron chi connectivity index (χ2n) is 4.77. The van der Waals surface area contributed by atoms with Gasteiger partial charge in [-0.2, -0.15) is 0 Å². The zero-order valence-electron chi connectivity index (χ0n) is 12.0. The van der Waals surface area contributed by atoms with Crippen molar-refractivity contribution in [3.63, 3.8) is 0 Å². The van der Waals surface area contributed by atoms with E-state index in [4.69, 9.17) is 0 Å². The van der Waals surface area contributed by atoms with Gasteiger partial charge in [0.1, 0.15) is 0 Å². The van der Waals surface area contributed by atoms with Crippen LogP contribution in [0, 0.1) is 13.8 Å². The van der Waals surface area contributed by atoms with E-state index < -0.39 is 10.0 Å². The van der Waals surface area contributed by atoms with Crippen LogP contribution in [-0.4, -0.2) is 15.0 Å². The standard InChI is InChI=1S/C16H19NO2S/c1-4-17(16-11-10-13(2)12-14(16)3)20(18,19)15-8-6-5-7-9-15/h5-12H,4H2,1-3H3. The SMILES string of the molecule is CCN(c1ccc(C)cc1C)S(=O)(=O)c1ccccc1. The molecule has 0 fully saturated rings. The van der Waals surface area contributed by atoms with Crippen LogP contribution in [-0.2, 0) is 10.0 Å². The maximum absolute atomic E-state index is 12.7. The minimum absolute atomic E-state index is 0.321. The Morgan fingerprint density at radius 3 is 2.20 bits per heavy atom. The summed E-state index contributed by atoms with van der Waals surface area (Å²) >= 11 is 0. The predicted molar refractivity (Wildman–Crippen MR) is 82.6 cm³/mol. The van der Waals surface area contributed by atoms with Gasteiger partial charge >= 0.3 is 0 Å². The summed E-state index contributed by atoms with van der Waals surface area (Å²) < 4.78 is 26.9. The summed E-state index contributed by atoms with van der Waals surface area (Å²) in [4.78, 5) is 0.321. The quantitative estimate of drug-likeness (QED) is 0.863. The summed E-state index contributed by atoms with van der Waals surface area (Å²) in [5.74, 6) is 0. The van der Waals surface area contributed by atoms with Crippen LogP contribution in [0.2, 0.25) is 0 Å². The van der Waals surface area contributed by atoms with E-state index in [0.717, 1.165) is 16.8 Å². The molecule has 0 unspecified atom stereocenters. The van der Waals surface area contributed by atoms with Crippen molar-refractivity contribution in [3.8, 4) is 0 Å². The van der Waals surface area contributed by atoms with Crippen LogP contribution in [0.1, 0.15) is 18.1 Å². The third-order valence-corrected chi connectivity index (χ3v) is 5.14. The molecule has 0 amide bonds. The first-order valence-corrected chi connectivity index (χ1v) is 8.06. The van der Waals surface area contributed by atoms with Crippen molar-refractivity contribution in [1.29, 1.82) is 0 Å². The van der Waals surface area contributed by atoms with E-state index in [-0.39, 0.29) is 0 Å². The Labute approximate surface area is 120 Å². The molecule has 20 heavy (non-hydrogen) atoms. The first-order valence-electron chi connectivity index (χ1n) is 6.62. The van der Waals surface area contributed by atoms with E-state index in [0.29, 0.717) is 11.4 Å². The Morgan fingerprint density at radius 2 is 1.65 bits per heavy atom. The average molecular weight is 289 g/mol. The third-order valence-electron chi connectivity index (χ3n) is 3.24. The molecule has 0 atom stereocenters. The molecule has 106 valence electrons. The molecule has 2 aromatic rings. The minimum atomic E-state index is -3.51. The van der Waals surface area contributed by atoms with Gasteiger partial charge in [-0.3, -0.25) is 4.31 Å². The van der Waals surface area contributed by atoms with Gasteiger partial charge in [-0.25, -0.2) is 8.42 Å². The summed E-state index contributed by atoms with van der Waals surface area (Å²) in [7, 11) is -3.51. The van der Waals surface area contributed by atoms with Gasteiger partial charge in [0.15, 0.2) is 0 Å². The lowest BCUT2D eigenvalue weighted by Crippen LogP contribution is -2.31. The number of hydrogen-bond donors (Lipinski definition) is 0. The summed E-state index contributed by atoms with van der Waals surface area (Å²) in [5, 5.41) is 0. The van der Waals surface area contributed by atoms with E-state index in [1.54, 1.807) is 24.3 Å². The minimum Gasteiger partial charge on any atom is -0.266 e. The van der Waals surface area contributed by atoms with E-state index in [1.807, 2.05) is 45.0 Å². The molecule has 2 aromatic carbocycles. The first-order chi connectivity index (χ1) is 9.46. The zero-order valence-corrected chi connectivity index (χ0v) is 12.8. The topological polar surface area (TPSA) is 37.4 Å². The fourth-order valence-corrected chi connectivity index (χ4v) is 3.83. The Hall–Kier alpha value is -1.81. The van der Waals surface area contributed by atoms with Crippen LogP contribution < -0.4 is 4.31 Å². The van der Waals surface area contributed by atoms with Gasteiger partial charge in [0.25, 0.3) is 10.0 Å². The number of anilines is 1. The molecular weight excluding hydrogens is 270 g/mol. The largest absolute Gasteiger partial charge is 0.266 e. The number of sulfonamides is 1. The smallest absolute Gasteiger partial charge is 0.264 e. The normalized spacial score (nSPS) is 11.3. The number of benzene rings is 2. The fourth-order valence-electron chi connectivity index (χ4n) is 2.27. The molecule has 0 radical (unpaired) electrons. The molecule has 0 aliphatic rings. The molecule has 0 aliphatic carbocycles. The van der Waals surface area contributed by atoms with Gasteiger partial charge < -0.3 is 0 Å². The van der Waals surface area contributed by atoms with Crippen LogP contribution in [0.25, 0.3) is 0 Å². The van der Waals surface area contributed by atoms with Crippen LogP contribution >= 0.6 is 0 Å². The number of hydrogen-bond acceptors (Lipinski definition) is 2. The number of rotatable bonds is 4. The van der Waals surface area contributed by atoms with Crippen LogP contribution in [0.4, 0.5) is 5.69 Å². The van der Waals surface area contributed by atoms with Gasteiger partial charge in [-0.1, -0.05) is 35.9 Å². The van der Waals surface area contributed by atoms with Crippen molar-refractivity contribution in [2.45, 2.75) is 25.7 Å². The Kier molecular flexibility index (Phi) is 4.14. The second kappa shape index (κ2) is 5.67. The molecule has 3 nitrogen and oxygen atoms in total. The first kappa shape index (κ1) is 14.6. The van der Waals surface area contributed by atoms with Gasteiger partial charge in [0.2, 0.25) is 0 Å². The van der Waals surface area contributed by atoms with Crippen LogP contribution in [0.3, 0.4) is 0 Å². The van der Waals surface area contributed by atoms with Crippen molar-refractivity contribution in [3.05, 3.63) is 59.7 Å². The number of nitrogens with zero attached hydrogens (tertiary/aromatic N) is 1. The molecule has 0 aromatic heterocycles. The lowest BCUT2D eigenvalue weighted by atomic mass is 10.1. The molecule has 2 rings (SSSR count). The maximum atomic E-state index is 12.7. The molecule has 0 spiro atoms. The van der Waals surface area contributed by atoms with Crippen LogP contribution in [0.15, 0.2) is 53.4 Å². The highest BCUT2D eigenvalue weighted by atomic mass is 32.2. The van der Waals surface area contributed by atoms with Gasteiger partial charge in [-0.05, 0) is 44.5 Å². The van der Waals surface area contributed by atoms with Crippen molar-refractivity contribution < 1.29 is 8.42 Å². The van der Waals surface area contributed by atoms with Gasteiger partial charge in [-0.15, -0.1) is 0 Å². The zero-order chi connectivity index (χ0) is 14.8. The Morgan fingerprint density at radius 1 is 1.00 bits per heavy atom. The molecule has 0 saturated carbocycles. The van der Waals surface area contributed by atoms with Crippen LogP contribution in [0.5, 0.6) is 0 Å². The highest BCUT2D eigenvalue weighted by Crippen LogP contribution is 2.27. The monoisotopic (exact) mass is 289 g/mol. The lowest BCUT2D eigenvalue weighted by Gasteiger charge is -2.24. The molecule has 0 aliphatic heterocycles. The summed E-state index contributed by atoms with van der Waals surface area (Å²) in [6, 6.07) is 14.3. The molecule has 0 N–H and O–H groups in total. The van der Waals surface area contributed by atoms with Crippen molar-refractivity contribution in [1.82, 2.24) is 0 Å². The molecule has 4 heteroatoms. The Bertz CT molecular complexity index is 694. The highest BCUT2D eigenvalue weighted by Gasteiger charge is 2.24. The summed E-state index contributed by atoms with van der Waals surface area (Å²) in [6.07, 6.45) is 0.